The number of fused-ring (bicyclic) bond motifs is 1. The summed E-state index contributed by atoms with van der Waals surface area (Å²) >= 11 is 0. The number of benzene rings is 1. The normalized spacial score (nSPS) is 17.0. The zero-order chi connectivity index (χ0) is 20.1. The Kier molecular flexibility index (Phi) is 5.16. The highest BCUT2D eigenvalue weighted by Gasteiger charge is 2.29. The molecule has 2 aromatic rings. The van der Waals surface area contributed by atoms with E-state index in [1.54, 1.807) is 13.0 Å². The quantitative estimate of drug-likeness (QED) is 0.798. The highest BCUT2D eigenvalue weighted by molar-refractivity contribution is 7.87. The number of hydrogen-bond donors (Lipinski definition) is 1. The molecule has 1 fully saturated rings. The average Bonchev–Trinajstić information content (AvgIpc) is 3.29. The monoisotopic (exact) mass is 395 g/mol. The average molecular weight is 396 g/mol. The Morgan fingerprint density at radius 2 is 1.93 bits per heavy atom. The second kappa shape index (κ2) is 6.87. The Hall–Kier alpha value is -1.44. The van der Waals surface area contributed by atoms with Crippen LogP contribution in [0, 0.1) is 11.2 Å². The Balaban J connectivity index is 2.10. The molecular weight excluding hydrogens is 365 g/mol. The highest BCUT2D eigenvalue weighted by Crippen LogP contribution is 2.43. The summed E-state index contributed by atoms with van der Waals surface area (Å²) in [5.41, 5.74) is 2.59. The van der Waals surface area contributed by atoms with E-state index >= 15 is 0 Å². The molecule has 0 spiro atoms. The summed E-state index contributed by atoms with van der Waals surface area (Å²) in [5.74, 6) is 0.128. The number of nitrogens with one attached hydrogen (secondary N) is 1. The van der Waals surface area contributed by atoms with E-state index < -0.39 is 16.3 Å². The lowest BCUT2D eigenvalue weighted by Gasteiger charge is -2.20. The van der Waals surface area contributed by atoms with Crippen LogP contribution >= 0.6 is 0 Å². The SMILES string of the molecule is C[C@@H](NS(=O)(=O)N(C)C)c1cn(CC(C)(C)C)c2cc(C3CC3)c(F)cc12. The van der Waals surface area contributed by atoms with Crippen LogP contribution in [0.5, 0.6) is 0 Å². The van der Waals surface area contributed by atoms with Crippen molar-refractivity contribution in [2.75, 3.05) is 14.1 Å². The molecular formula is C20H30FN3O2S. The fourth-order valence-electron chi connectivity index (χ4n) is 3.44. The first-order valence-electron chi connectivity index (χ1n) is 9.41. The Morgan fingerprint density at radius 1 is 1.30 bits per heavy atom. The molecule has 0 unspecified atom stereocenters. The van der Waals surface area contributed by atoms with E-state index in [9.17, 15) is 12.8 Å². The second-order valence-corrected chi connectivity index (χ2v) is 11.0. The third-order valence-electron chi connectivity index (χ3n) is 4.97. The van der Waals surface area contributed by atoms with Gasteiger partial charge in [-0.05, 0) is 54.4 Å². The van der Waals surface area contributed by atoms with Gasteiger partial charge in [-0.2, -0.15) is 17.4 Å². The van der Waals surface area contributed by atoms with Crippen LogP contribution in [-0.4, -0.2) is 31.4 Å². The molecule has 27 heavy (non-hydrogen) atoms. The molecule has 7 heteroatoms. The zero-order valence-electron chi connectivity index (χ0n) is 17.0. The molecule has 5 nitrogen and oxygen atoms in total. The molecule has 1 aromatic heterocycles. The van der Waals surface area contributed by atoms with Gasteiger partial charge in [0.05, 0.1) is 0 Å². The van der Waals surface area contributed by atoms with E-state index in [1.165, 1.54) is 14.1 Å². The lowest BCUT2D eigenvalue weighted by atomic mass is 9.97. The lowest BCUT2D eigenvalue weighted by molar-refractivity contribution is 0.349. The van der Waals surface area contributed by atoms with Crippen molar-refractivity contribution in [3.63, 3.8) is 0 Å². The van der Waals surface area contributed by atoms with Gasteiger partial charge in [-0.15, -0.1) is 0 Å². The second-order valence-electron chi connectivity index (χ2n) is 9.07. The molecule has 1 aliphatic rings. The number of hydrogen-bond acceptors (Lipinski definition) is 2. The first kappa shape index (κ1) is 20.3. The van der Waals surface area contributed by atoms with Crippen molar-refractivity contribution in [2.24, 2.45) is 5.41 Å². The molecule has 1 aromatic carbocycles. The standard InChI is InChI=1S/C20H30FN3O2S/c1-13(22-27(25,26)23(5)6)17-11-24(12-20(2,3)4)19-10-15(14-7-8-14)18(21)9-16(17)19/h9-11,13-14,22H,7-8,12H2,1-6H3/t13-/m1/s1. The third kappa shape index (κ3) is 4.36. The van der Waals surface area contributed by atoms with Gasteiger partial charge >= 0.3 is 0 Å². The summed E-state index contributed by atoms with van der Waals surface area (Å²) in [5, 5.41) is 0.773. The summed E-state index contributed by atoms with van der Waals surface area (Å²) in [6, 6.07) is 3.08. The minimum atomic E-state index is -3.58. The van der Waals surface area contributed by atoms with E-state index in [-0.39, 0.29) is 11.2 Å². The van der Waals surface area contributed by atoms with Gasteiger partial charge in [0.25, 0.3) is 10.2 Å². The Bertz CT molecular complexity index is 954. The number of halogens is 1. The largest absolute Gasteiger partial charge is 0.347 e. The summed E-state index contributed by atoms with van der Waals surface area (Å²) in [6.07, 6.45) is 4.04. The molecule has 1 N–H and O–H groups in total. The molecule has 0 radical (unpaired) electrons. The molecule has 0 amide bonds. The molecule has 0 saturated heterocycles. The molecule has 0 aliphatic heterocycles. The maximum Gasteiger partial charge on any atom is 0.279 e. The van der Waals surface area contributed by atoms with Gasteiger partial charge in [-0.1, -0.05) is 20.8 Å². The summed E-state index contributed by atoms with van der Waals surface area (Å²) in [4.78, 5) is 0. The van der Waals surface area contributed by atoms with E-state index in [4.69, 9.17) is 0 Å². The lowest BCUT2D eigenvalue weighted by Crippen LogP contribution is -2.37. The fourth-order valence-corrected chi connectivity index (χ4v) is 4.22. The van der Waals surface area contributed by atoms with Gasteiger partial charge in [0, 0.05) is 43.8 Å². The van der Waals surface area contributed by atoms with Crippen molar-refractivity contribution < 1.29 is 12.8 Å². The van der Waals surface area contributed by atoms with Crippen molar-refractivity contribution in [2.45, 2.75) is 59.0 Å². The maximum atomic E-state index is 14.7. The van der Waals surface area contributed by atoms with Crippen LogP contribution in [0.15, 0.2) is 18.3 Å². The molecule has 1 heterocycles. The molecule has 0 bridgehead atoms. The Labute approximate surface area is 161 Å². The first-order valence-corrected chi connectivity index (χ1v) is 10.8. The van der Waals surface area contributed by atoms with Gasteiger partial charge in [0.1, 0.15) is 5.82 Å². The minimum Gasteiger partial charge on any atom is -0.347 e. The van der Waals surface area contributed by atoms with Crippen LogP contribution < -0.4 is 4.72 Å². The van der Waals surface area contributed by atoms with Crippen LogP contribution in [0.1, 0.15) is 63.6 Å². The molecule has 150 valence electrons. The van der Waals surface area contributed by atoms with Gasteiger partial charge in [0.2, 0.25) is 0 Å². The van der Waals surface area contributed by atoms with Crippen LogP contribution in [0.4, 0.5) is 4.39 Å². The van der Waals surface area contributed by atoms with Crippen molar-refractivity contribution >= 4 is 21.1 Å². The van der Waals surface area contributed by atoms with Crippen LogP contribution in [0.3, 0.4) is 0 Å². The van der Waals surface area contributed by atoms with Gasteiger partial charge in [0.15, 0.2) is 0 Å². The number of nitrogens with zero attached hydrogens (tertiary/aromatic N) is 2. The fraction of sp³-hybridized carbons (Fsp3) is 0.600. The van der Waals surface area contributed by atoms with E-state index in [0.717, 1.165) is 45.7 Å². The smallest absolute Gasteiger partial charge is 0.279 e. The van der Waals surface area contributed by atoms with E-state index in [2.05, 4.69) is 30.1 Å². The molecule has 1 aliphatic carbocycles. The predicted octanol–water partition coefficient (Wildman–Crippen LogP) is 4.16. The molecule has 1 saturated carbocycles. The third-order valence-corrected chi connectivity index (χ3v) is 6.58. The van der Waals surface area contributed by atoms with Crippen LogP contribution in [-0.2, 0) is 16.8 Å². The number of rotatable bonds is 6. The van der Waals surface area contributed by atoms with Crippen LogP contribution in [0.25, 0.3) is 10.9 Å². The Morgan fingerprint density at radius 3 is 2.44 bits per heavy atom. The van der Waals surface area contributed by atoms with Crippen molar-refractivity contribution in [3.8, 4) is 0 Å². The predicted molar refractivity (Wildman–Crippen MR) is 107 cm³/mol. The number of aromatic nitrogens is 1. The van der Waals surface area contributed by atoms with Gasteiger partial charge in [-0.3, -0.25) is 0 Å². The summed E-state index contributed by atoms with van der Waals surface area (Å²) < 4.78 is 45.1. The van der Waals surface area contributed by atoms with E-state index in [0.29, 0.717) is 5.92 Å². The van der Waals surface area contributed by atoms with Crippen molar-refractivity contribution in [3.05, 3.63) is 35.3 Å². The molecule has 3 rings (SSSR count). The maximum absolute atomic E-state index is 14.7. The van der Waals surface area contributed by atoms with Crippen molar-refractivity contribution in [1.82, 2.24) is 13.6 Å². The van der Waals surface area contributed by atoms with Gasteiger partial charge < -0.3 is 4.57 Å². The van der Waals surface area contributed by atoms with Gasteiger partial charge in [-0.25, -0.2) is 4.39 Å². The topological polar surface area (TPSA) is 54.3 Å². The summed E-state index contributed by atoms with van der Waals surface area (Å²) in [7, 11) is -0.610. The molecule has 1 atom stereocenters. The van der Waals surface area contributed by atoms with Crippen molar-refractivity contribution in [1.29, 1.82) is 0 Å². The van der Waals surface area contributed by atoms with E-state index in [1.807, 2.05) is 12.3 Å². The van der Waals surface area contributed by atoms with Crippen LogP contribution in [0.2, 0.25) is 0 Å². The zero-order valence-corrected chi connectivity index (χ0v) is 17.8. The first-order chi connectivity index (χ1) is 12.4. The minimum absolute atomic E-state index is 0.0454. The summed E-state index contributed by atoms with van der Waals surface area (Å²) in [6.45, 7) is 9.03. The highest BCUT2D eigenvalue weighted by atomic mass is 32.2.